The number of anilines is 1. The van der Waals surface area contributed by atoms with Crippen LogP contribution < -0.4 is 10.2 Å². The Kier molecular flexibility index (Phi) is 5.63. The van der Waals surface area contributed by atoms with Gasteiger partial charge in [-0.05, 0) is 32.0 Å². The van der Waals surface area contributed by atoms with Crippen LogP contribution in [0.3, 0.4) is 0 Å². The second-order valence-corrected chi connectivity index (χ2v) is 6.25. The molecule has 2 aliphatic rings. The van der Waals surface area contributed by atoms with Crippen molar-refractivity contribution >= 4 is 11.4 Å². The van der Waals surface area contributed by atoms with Crippen molar-refractivity contribution in [2.24, 2.45) is 5.16 Å². The summed E-state index contributed by atoms with van der Waals surface area (Å²) in [6.07, 6.45) is 3.45. The number of hydrogen-bond acceptors (Lipinski definition) is 5. The second kappa shape index (κ2) is 7.90. The Balaban J connectivity index is 1.57. The number of piperidine rings is 2. The fraction of sp³-hybridized carbons (Fsp3) is 0.588. The monoisotopic (exact) mass is 339 g/mol. The third-order valence-corrected chi connectivity index (χ3v) is 4.58. The standard InChI is InChI=1S/C17H23F2N3O2/c18-15-10-17(16(19)9-12(15)11-23)22-7-3-13(4-8-22)21-24-14-1-5-20-6-2-14/h9-10,14,20,23H,1-8,11H2. The van der Waals surface area contributed by atoms with E-state index < -0.39 is 18.2 Å². The third kappa shape index (κ3) is 4.02. The van der Waals surface area contributed by atoms with Gasteiger partial charge < -0.3 is 20.2 Å². The summed E-state index contributed by atoms with van der Waals surface area (Å²) in [4.78, 5) is 7.41. The Hall–Kier alpha value is -1.73. The van der Waals surface area contributed by atoms with Gasteiger partial charge in [0, 0.05) is 37.6 Å². The largest absolute Gasteiger partial charge is 0.392 e. The molecule has 0 bridgehead atoms. The second-order valence-electron chi connectivity index (χ2n) is 6.25. The number of aliphatic hydroxyl groups excluding tert-OH is 1. The Morgan fingerprint density at radius 1 is 1.17 bits per heavy atom. The van der Waals surface area contributed by atoms with E-state index in [4.69, 9.17) is 9.94 Å². The molecule has 132 valence electrons. The molecule has 1 aromatic carbocycles. The van der Waals surface area contributed by atoms with Crippen molar-refractivity contribution in [2.75, 3.05) is 31.1 Å². The van der Waals surface area contributed by atoms with Crippen molar-refractivity contribution < 1.29 is 18.7 Å². The fourth-order valence-electron chi connectivity index (χ4n) is 3.09. The van der Waals surface area contributed by atoms with Crippen LogP contribution >= 0.6 is 0 Å². The zero-order valence-corrected chi connectivity index (χ0v) is 13.6. The van der Waals surface area contributed by atoms with Gasteiger partial charge in [0.2, 0.25) is 0 Å². The lowest BCUT2D eigenvalue weighted by Crippen LogP contribution is -2.35. The summed E-state index contributed by atoms with van der Waals surface area (Å²) in [7, 11) is 0. The van der Waals surface area contributed by atoms with Gasteiger partial charge in [-0.15, -0.1) is 0 Å². The quantitative estimate of drug-likeness (QED) is 0.826. The van der Waals surface area contributed by atoms with Gasteiger partial charge in [-0.2, -0.15) is 0 Å². The number of benzene rings is 1. The molecule has 2 aliphatic heterocycles. The normalized spacial score (nSPS) is 19.5. The molecule has 3 rings (SSSR count). The van der Waals surface area contributed by atoms with Gasteiger partial charge in [0.1, 0.15) is 17.7 Å². The molecule has 7 heteroatoms. The minimum absolute atomic E-state index is 0.0223. The lowest BCUT2D eigenvalue weighted by atomic mass is 10.1. The average Bonchev–Trinajstić information content (AvgIpc) is 2.63. The van der Waals surface area contributed by atoms with Gasteiger partial charge in [0.15, 0.2) is 0 Å². The summed E-state index contributed by atoms with van der Waals surface area (Å²) >= 11 is 0. The number of oxime groups is 1. The Bertz CT molecular complexity index is 594. The lowest BCUT2D eigenvalue weighted by Gasteiger charge is -2.30. The summed E-state index contributed by atoms with van der Waals surface area (Å²) in [5.74, 6) is -1.09. The van der Waals surface area contributed by atoms with Gasteiger partial charge in [-0.1, -0.05) is 5.16 Å². The molecule has 2 heterocycles. The summed E-state index contributed by atoms with van der Waals surface area (Å²) in [5.41, 5.74) is 1.19. The summed E-state index contributed by atoms with van der Waals surface area (Å²) in [6.45, 7) is 2.55. The molecule has 2 saturated heterocycles. The first-order valence-electron chi connectivity index (χ1n) is 8.43. The first-order chi connectivity index (χ1) is 11.7. The highest BCUT2D eigenvalue weighted by atomic mass is 19.1. The van der Waals surface area contributed by atoms with Gasteiger partial charge in [0.05, 0.1) is 18.0 Å². The van der Waals surface area contributed by atoms with Crippen LogP contribution in [0.2, 0.25) is 0 Å². The summed E-state index contributed by atoms with van der Waals surface area (Å²) < 4.78 is 27.9. The van der Waals surface area contributed by atoms with E-state index in [-0.39, 0.29) is 17.4 Å². The van der Waals surface area contributed by atoms with Gasteiger partial charge in [-0.25, -0.2) is 8.78 Å². The molecule has 0 unspecified atom stereocenters. The summed E-state index contributed by atoms with van der Waals surface area (Å²) in [6, 6.07) is 2.23. The van der Waals surface area contributed by atoms with Crippen molar-refractivity contribution in [2.45, 2.75) is 38.4 Å². The minimum atomic E-state index is -0.581. The van der Waals surface area contributed by atoms with Gasteiger partial charge >= 0.3 is 0 Å². The Morgan fingerprint density at radius 3 is 2.54 bits per heavy atom. The average molecular weight is 339 g/mol. The van der Waals surface area contributed by atoms with Crippen molar-refractivity contribution in [1.29, 1.82) is 0 Å². The first-order valence-corrected chi connectivity index (χ1v) is 8.43. The van der Waals surface area contributed by atoms with E-state index in [9.17, 15) is 8.78 Å². The first kappa shape index (κ1) is 17.1. The molecular formula is C17H23F2N3O2. The SMILES string of the molecule is OCc1cc(F)c(N2CCC(=NOC3CCNCC3)CC2)cc1F. The highest BCUT2D eigenvalue weighted by molar-refractivity contribution is 5.86. The molecule has 1 aromatic rings. The third-order valence-electron chi connectivity index (χ3n) is 4.58. The maximum Gasteiger partial charge on any atom is 0.147 e. The molecule has 0 amide bonds. The lowest BCUT2D eigenvalue weighted by molar-refractivity contribution is 0.0368. The molecule has 0 aliphatic carbocycles. The van der Waals surface area contributed by atoms with Crippen LogP contribution in [0.5, 0.6) is 0 Å². The molecule has 0 aromatic heterocycles. The molecule has 0 radical (unpaired) electrons. The maximum absolute atomic E-state index is 14.1. The Morgan fingerprint density at radius 2 is 1.88 bits per heavy atom. The van der Waals surface area contributed by atoms with E-state index in [1.165, 1.54) is 0 Å². The van der Waals surface area contributed by atoms with E-state index >= 15 is 0 Å². The minimum Gasteiger partial charge on any atom is -0.392 e. The number of rotatable bonds is 4. The molecule has 0 spiro atoms. The number of aliphatic hydroxyl groups is 1. The van der Waals surface area contributed by atoms with Crippen LogP contribution in [0.1, 0.15) is 31.2 Å². The zero-order valence-electron chi connectivity index (χ0n) is 13.6. The van der Waals surface area contributed by atoms with E-state index in [1.54, 1.807) is 0 Å². The van der Waals surface area contributed by atoms with Crippen LogP contribution in [0.25, 0.3) is 0 Å². The summed E-state index contributed by atoms with van der Waals surface area (Å²) in [5, 5.41) is 16.5. The topological polar surface area (TPSA) is 57.1 Å². The van der Waals surface area contributed by atoms with Crippen LogP contribution in [-0.4, -0.2) is 43.1 Å². The maximum atomic E-state index is 14.1. The van der Waals surface area contributed by atoms with Crippen molar-refractivity contribution in [1.82, 2.24) is 5.32 Å². The van der Waals surface area contributed by atoms with E-state index in [1.807, 2.05) is 4.90 Å². The highest BCUT2D eigenvalue weighted by Crippen LogP contribution is 2.26. The molecule has 2 fully saturated rings. The fourth-order valence-corrected chi connectivity index (χ4v) is 3.09. The Labute approximate surface area is 140 Å². The molecule has 24 heavy (non-hydrogen) atoms. The van der Waals surface area contributed by atoms with Crippen LogP contribution in [-0.2, 0) is 11.4 Å². The van der Waals surface area contributed by atoms with E-state index in [2.05, 4.69) is 10.5 Å². The zero-order chi connectivity index (χ0) is 16.9. The van der Waals surface area contributed by atoms with Crippen molar-refractivity contribution in [3.8, 4) is 0 Å². The molecule has 0 atom stereocenters. The number of nitrogens with zero attached hydrogens (tertiary/aromatic N) is 2. The number of halogens is 2. The van der Waals surface area contributed by atoms with E-state index in [0.29, 0.717) is 25.9 Å². The van der Waals surface area contributed by atoms with Crippen LogP contribution in [0.4, 0.5) is 14.5 Å². The van der Waals surface area contributed by atoms with Crippen LogP contribution in [0.15, 0.2) is 17.3 Å². The highest BCUT2D eigenvalue weighted by Gasteiger charge is 2.21. The van der Waals surface area contributed by atoms with Gasteiger partial charge in [-0.3, -0.25) is 0 Å². The van der Waals surface area contributed by atoms with E-state index in [0.717, 1.165) is 43.8 Å². The van der Waals surface area contributed by atoms with Crippen molar-refractivity contribution in [3.05, 3.63) is 29.3 Å². The number of nitrogens with one attached hydrogen (secondary N) is 1. The van der Waals surface area contributed by atoms with Crippen LogP contribution in [0, 0.1) is 11.6 Å². The molecule has 2 N–H and O–H groups in total. The predicted octanol–water partition coefficient (Wildman–Crippen LogP) is 2.18. The number of hydrogen-bond donors (Lipinski definition) is 2. The predicted molar refractivity (Wildman–Crippen MR) is 88.1 cm³/mol. The molecule has 0 saturated carbocycles. The molecule has 5 nitrogen and oxygen atoms in total. The van der Waals surface area contributed by atoms with Crippen molar-refractivity contribution in [3.63, 3.8) is 0 Å². The smallest absolute Gasteiger partial charge is 0.147 e. The molecular weight excluding hydrogens is 316 g/mol. The van der Waals surface area contributed by atoms with Gasteiger partial charge in [0.25, 0.3) is 0 Å².